The molecular formula is C19H24N4O2. The molecule has 0 radical (unpaired) electrons. The van der Waals surface area contributed by atoms with Gasteiger partial charge in [0, 0.05) is 30.4 Å². The molecule has 0 spiro atoms. The van der Waals surface area contributed by atoms with Crippen molar-refractivity contribution < 1.29 is 9.59 Å². The monoisotopic (exact) mass is 340 g/mol. The normalized spacial score (nSPS) is 14.0. The summed E-state index contributed by atoms with van der Waals surface area (Å²) in [6.45, 7) is 3.77. The Morgan fingerprint density at radius 3 is 2.72 bits per heavy atom. The maximum absolute atomic E-state index is 12.1. The summed E-state index contributed by atoms with van der Waals surface area (Å²) in [6.07, 6.45) is 5.42. The molecule has 1 aromatic carbocycles. The van der Waals surface area contributed by atoms with Crippen LogP contribution in [-0.4, -0.2) is 21.8 Å². The van der Waals surface area contributed by atoms with Crippen LogP contribution in [0.15, 0.2) is 24.4 Å². The van der Waals surface area contributed by atoms with E-state index in [1.54, 1.807) is 6.20 Å². The Bertz CT molecular complexity index is 781. The van der Waals surface area contributed by atoms with Crippen molar-refractivity contribution in [1.29, 1.82) is 0 Å². The Kier molecular flexibility index (Phi) is 5.16. The molecular weight excluding hydrogens is 316 g/mol. The zero-order valence-corrected chi connectivity index (χ0v) is 14.7. The second-order valence-corrected chi connectivity index (χ2v) is 6.63. The van der Waals surface area contributed by atoms with Crippen molar-refractivity contribution >= 4 is 17.5 Å². The minimum Gasteiger partial charge on any atom is -0.346 e. The van der Waals surface area contributed by atoms with Gasteiger partial charge in [-0.15, -0.1) is 0 Å². The van der Waals surface area contributed by atoms with Gasteiger partial charge < -0.3 is 15.6 Å². The SMILES string of the molecule is Cc1cnc([C@@H](C)NC(=O)CCC(=O)Nc2ccc3c(c2)CCC3)[nH]1. The van der Waals surface area contributed by atoms with Gasteiger partial charge in [0.05, 0.1) is 6.04 Å². The molecule has 1 aliphatic rings. The number of carbonyl (C=O) groups excluding carboxylic acids is 2. The third-order valence-corrected chi connectivity index (χ3v) is 4.47. The molecule has 6 nitrogen and oxygen atoms in total. The summed E-state index contributed by atoms with van der Waals surface area (Å²) in [4.78, 5) is 31.4. The van der Waals surface area contributed by atoms with Crippen molar-refractivity contribution in [1.82, 2.24) is 15.3 Å². The van der Waals surface area contributed by atoms with Crippen LogP contribution in [0.2, 0.25) is 0 Å². The highest BCUT2D eigenvalue weighted by Crippen LogP contribution is 2.24. The Labute approximate surface area is 147 Å². The van der Waals surface area contributed by atoms with Gasteiger partial charge in [-0.25, -0.2) is 4.98 Å². The van der Waals surface area contributed by atoms with Crippen LogP contribution in [0.5, 0.6) is 0 Å². The second-order valence-electron chi connectivity index (χ2n) is 6.63. The van der Waals surface area contributed by atoms with Crippen LogP contribution in [0.25, 0.3) is 0 Å². The molecule has 3 N–H and O–H groups in total. The summed E-state index contributed by atoms with van der Waals surface area (Å²) in [5.41, 5.74) is 4.45. The topological polar surface area (TPSA) is 86.9 Å². The number of aryl methyl sites for hydroxylation is 3. The lowest BCUT2D eigenvalue weighted by molar-refractivity contribution is -0.124. The molecule has 2 aromatic rings. The summed E-state index contributed by atoms with van der Waals surface area (Å²) >= 11 is 0. The van der Waals surface area contributed by atoms with Crippen molar-refractivity contribution in [2.45, 2.75) is 52.0 Å². The number of carbonyl (C=O) groups is 2. The van der Waals surface area contributed by atoms with E-state index in [0.717, 1.165) is 24.2 Å². The van der Waals surface area contributed by atoms with Gasteiger partial charge in [-0.05, 0) is 56.4 Å². The summed E-state index contributed by atoms with van der Waals surface area (Å²) in [5, 5.41) is 5.73. The molecule has 1 heterocycles. The number of H-pyrrole nitrogens is 1. The predicted molar refractivity (Wildman–Crippen MR) is 96.2 cm³/mol. The molecule has 1 atom stereocenters. The van der Waals surface area contributed by atoms with Crippen LogP contribution in [0.3, 0.4) is 0 Å². The van der Waals surface area contributed by atoms with E-state index in [1.165, 1.54) is 17.5 Å². The fourth-order valence-corrected chi connectivity index (χ4v) is 3.14. The number of aromatic nitrogens is 2. The Morgan fingerprint density at radius 2 is 1.96 bits per heavy atom. The summed E-state index contributed by atoms with van der Waals surface area (Å²) < 4.78 is 0. The van der Waals surface area contributed by atoms with E-state index in [1.807, 2.05) is 26.0 Å². The van der Waals surface area contributed by atoms with Gasteiger partial charge >= 0.3 is 0 Å². The van der Waals surface area contributed by atoms with E-state index >= 15 is 0 Å². The lowest BCUT2D eigenvalue weighted by atomic mass is 10.1. The third kappa shape index (κ3) is 4.47. The minimum atomic E-state index is -0.207. The van der Waals surface area contributed by atoms with Crippen LogP contribution < -0.4 is 10.6 Å². The number of rotatable bonds is 6. The van der Waals surface area contributed by atoms with E-state index in [4.69, 9.17) is 0 Å². The molecule has 0 saturated heterocycles. The lowest BCUT2D eigenvalue weighted by Crippen LogP contribution is -2.28. The number of anilines is 1. The number of hydrogen-bond acceptors (Lipinski definition) is 3. The van der Waals surface area contributed by atoms with Gasteiger partial charge in [-0.3, -0.25) is 9.59 Å². The average molecular weight is 340 g/mol. The number of hydrogen-bond donors (Lipinski definition) is 3. The highest BCUT2D eigenvalue weighted by atomic mass is 16.2. The number of imidazole rings is 1. The number of benzene rings is 1. The van der Waals surface area contributed by atoms with Crippen molar-refractivity contribution in [3.63, 3.8) is 0 Å². The molecule has 0 unspecified atom stereocenters. The fourth-order valence-electron chi connectivity index (χ4n) is 3.14. The van der Waals surface area contributed by atoms with Crippen molar-refractivity contribution in [2.24, 2.45) is 0 Å². The van der Waals surface area contributed by atoms with Gasteiger partial charge in [0.2, 0.25) is 11.8 Å². The highest BCUT2D eigenvalue weighted by molar-refractivity contribution is 5.93. The molecule has 0 aliphatic heterocycles. The number of nitrogens with one attached hydrogen (secondary N) is 3. The molecule has 132 valence electrons. The van der Waals surface area contributed by atoms with E-state index in [-0.39, 0.29) is 30.7 Å². The van der Waals surface area contributed by atoms with Crippen LogP contribution in [0, 0.1) is 6.92 Å². The quantitative estimate of drug-likeness (QED) is 0.756. The molecule has 2 amide bonds. The van der Waals surface area contributed by atoms with E-state index in [0.29, 0.717) is 5.82 Å². The Balaban J connectivity index is 1.44. The van der Waals surface area contributed by atoms with Crippen LogP contribution in [0.4, 0.5) is 5.69 Å². The molecule has 1 aliphatic carbocycles. The maximum Gasteiger partial charge on any atom is 0.224 e. The average Bonchev–Trinajstić information content (AvgIpc) is 3.21. The van der Waals surface area contributed by atoms with Gasteiger partial charge in [0.15, 0.2) is 0 Å². The van der Waals surface area contributed by atoms with Crippen LogP contribution in [-0.2, 0) is 22.4 Å². The van der Waals surface area contributed by atoms with Gasteiger partial charge in [-0.2, -0.15) is 0 Å². The first-order valence-electron chi connectivity index (χ1n) is 8.74. The zero-order chi connectivity index (χ0) is 17.8. The van der Waals surface area contributed by atoms with Crippen LogP contribution >= 0.6 is 0 Å². The maximum atomic E-state index is 12.1. The summed E-state index contributed by atoms with van der Waals surface area (Å²) in [6, 6.07) is 5.85. The molecule has 0 saturated carbocycles. The molecule has 3 rings (SSSR count). The van der Waals surface area contributed by atoms with Crippen molar-refractivity contribution in [2.75, 3.05) is 5.32 Å². The molecule has 0 bridgehead atoms. The number of aromatic amines is 1. The zero-order valence-electron chi connectivity index (χ0n) is 14.7. The van der Waals surface area contributed by atoms with Crippen LogP contribution in [0.1, 0.15) is 54.9 Å². The van der Waals surface area contributed by atoms with Gasteiger partial charge in [0.1, 0.15) is 5.82 Å². The minimum absolute atomic E-state index is 0.144. The Hall–Kier alpha value is -2.63. The number of amides is 2. The highest BCUT2D eigenvalue weighted by Gasteiger charge is 2.15. The predicted octanol–water partition coefficient (Wildman–Crippen LogP) is 2.80. The first kappa shape index (κ1) is 17.2. The molecule has 25 heavy (non-hydrogen) atoms. The van der Waals surface area contributed by atoms with Gasteiger partial charge in [0.25, 0.3) is 0 Å². The summed E-state index contributed by atoms with van der Waals surface area (Å²) in [7, 11) is 0. The smallest absolute Gasteiger partial charge is 0.224 e. The third-order valence-electron chi connectivity index (χ3n) is 4.47. The van der Waals surface area contributed by atoms with Crippen molar-refractivity contribution in [3.8, 4) is 0 Å². The molecule has 0 fully saturated rings. The Morgan fingerprint density at radius 1 is 1.20 bits per heavy atom. The largest absolute Gasteiger partial charge is 0.346 e. The van der Waals surface area contributed by atoms with E-state index < -0.39 is 0 Å². The fraction of sp³-hybridized carbons (Fsp3) is 0.421. The second kappa shape index (κ2) is 7.51. The molecule has 6 heteroatoms. The van der Waals surface area contributed by atoms with E-state index in [9.17, 15) is 9.59 Å². The first-order chi connectivity index (χ1) is 12.0. The number of nitrogens with zero attached hydrogens (tertiary/aromatic N) is 1. The first-order valence-corrected chi connectivity index (χ1v) is 8.74. The number of fused-ring (bicyclic) bond motifs is 1. The van der Waals surface area contributed by atoms with E-state index in [2.05, 4.69) is 26.7 Å². The van der Waals surface area contributed by atoms with Crippen molar-refractivity contribution in [3.05, 3.63) is 47.0 Å². The molecule has 1 aromatic heterocycles. The summed E-state index contributed by atoms with van der Waals surface area (Å²) in [5.74, 6) is 0.411. The van der Waals surface area contributed by atoms with Gasteiger partial charge in [-0.1, -0.05) is 6.07 Å². The standard InChI is InChI=1S/C19H24N4O2/c1-12-11-20-19(21-12)13(2)22-17(24)8-9-18(25)23-16-7-6-14-4-3-5-15(14)10-16/h6-7,10-11,13H,3-5,8-9H2,1-2H3,(H,20,21)(H,22,24)(H,23,25)/t13-/m1/s1. The lowest BCUT2D eigenvalue weighted by Gasteiger charge is -2.12.